The number of H-pyrrole nitrogens is 1. The lowest BCUT2D eigenvalue weighted by Crippen LogP contribution is -2.18. The molecule has 31 heavy (non-hydrogen) atoms. The van der Waals surface area contributed by atoms with Crippen LogP contribution in [0.1, 0.15) is 32.0 Å². The summed E-state index contributed by atoms with van der Waals surface area (Å²) in [4.78, 5) is 45.1. The van der Waals surface area contributed by atoms with Gasteiger partial charge in [-0.15, -0.1) is 0 Å². The maximum Gasteiger partial charge on any atom is 0.337 e. The number of hydrogen-bond donors (Lipinski definition) is 1. The van der Waals surface area contributed by atoms with Crippen molar-refractivity contribution in [2.45, 2.75) is 0 Å². The van der Waals surface area contributed by atoms with Crippen LogP contribution in [0.25, 0.3) is 22.7 Å². The minimum Gasteiger partial charge on any atom is -0.465 e. The van der Waals surface area contributed by atoms with Gasteiger partial charge in [0, 0.05) is 5.56 Å². The molecule has 0 aliphatic heterocycles. The highest BCUT2D eigenvalue weighted by molar-refractivity contribution is 6.32. The summed E-state index contributed by atoms with van der Waals surface area (Å²) in [5, 5.41) is 0. The van der Waals surface area contributed by atoms with Crippen LogP contribution in [0.4, 0.5) is 0 Å². The number of aromatic amines is 1. The van der Waals surface area contributed by atoms with E-state index in [1.807, 2.05) is 12.1 Å². The van der Waals surface area contributed by atoms with Gasteiger partial charge in [0.1, 0.15) is 5.69 Å². The molecule has 0 unspecified atom stereocenters. The standard InChI is InChI=1S/C25H18N2O4/c1-31-25(30)18-13-11-16(12-14-18)15-19(23(28)17-7-3-2-4-8-17)22-24(29)27-21-10-6-5-9-20(21)26-22/h2-15H,1H3,(H,27,29)/b19-15-. The van der Waals surface area contributed by atoms with E-state index in [4.69, 9.17) is 4.74 Å². The van der Waals surface area contributed by atoms with E-state index in [1.165, 1.54) is 7.11 Å². The molecule has 152 valence electrons. The summed E-state index contributed by atoms with van der Waals surface area (Å²) in [6.45, 7) is 0. The Labute approximate surface area is 177 Å². The second-order valence-corrected chi connectivity index (χ2v) is 6.80. The van der Waals surface area contributed by atoms with Crippen molar-refractivity contribution in [3.8, 4) is 0 Å². The summed E-state index contributed by atoms with van der Waals surface area (Å²) in [7, 11) is 1.31. The molecule has 4 aromatic rings. The maximum absolute atomic E-state index is 13.3. The largest absolute Gasteiger partial charge is 0.465 e. The number of fused-ring (bicyclic) bond motifs is 1. The number of carbonyl (C=O) groups excluding carboxylic acids is 2. The second kappa shape index (κ2) is 8.59. The quantitative estimate of drug-likeness (QED) is 0.304. The number of hydrogen-bond acceptors (Lipinski definition) is 5. The van der Waals surface area contributed by atoms with Crippen molar-refractivity contribution in [3.63, 3.8) is 0 Å². The summed E-state index contributed by atoms with van der Waals surface area (Å²) in [5.74, 6) is -0.783. The van der Waals surface area contributed by atoms with E-state index in [0.717, 1.165) is 0 Å². The van der Waals surface area contributed by atoms with Gasteiger partial charge < -0.3 is 9.72 Å². The molecule has 0 saturated carbocycles. The van der Waals surface area contributed by atoms with Crippen LogP contribution in [0, 0.1) is 0 Å². The van der Waals surface area contributed by atoms with E-state index in [9.17, 15) is 14.4 Å². The zero-order chi connectivity index (χ0) is 21.8. The third-order valence-electron chi connectivity index (χ3n) is 4.78. The summed E-state index contributed by atoms with van der Waals surface area (Å²) >= 11 is 0. The third-order valence-corrected chi connectivity index (χ3v) is 4.78. The van der Waals surface area contributed by atoms with Crippen LogP contribution in [0.15, 0.2) is 83.7 Å². The molecule has 6 nitrogen and oxygen atoms in total. The lowest BCUT2D eigenvalue weighted by atomic mass is 9.98. The Morgan fingerprint density at radius 1 is 0.871 bits per heavy atom. The monoisotopic (exact) mass is 410 g/mol. The molecule has 0 spiro atoms. The van der Waals surface area contributed by atoms with Crippen LogP contribution >= 0.6 is 0 Å². The molecule has 3 aromatic carbocycles. The van der Waals surface area contributed by atoms with Crippen molar-refractivity contribution >= 4 is 34.4 Å². The fourth-order valence-corrected chi connectivity index (χ4v) is 3.20. The number of Topliss-reactive ketones (excluding diaryl/α,β-unsaturated/α-hetero) is 1. The molecule has 6 heteroatoms. The zero-order valence-electron chi connectivity index (χ0n) is 16.7. The fraction of sp³-hybridized carbons (Fsp3) is 0.0400. The fourth-order valence-electron chi connectivity index (χ4n) is 3.20. The molecule has 0 radical (unpaired) electrons. The molecule has 0 aliphatic carbocycles. The minimum atomic E-state index is -0.458. The molecule has 0 amide bonds. The molecule has 0 aliphatic rings. The molecule has 0 atom stereocenters. The molecule has 1 N–H and O–H groups in total. The molecule has 1 aromatic heterocycles. The SMILES string of the molecule is COC(=O)c1ccc(/C=C(\C(=O)c2ccccc2)c2nc3ccccc3[nH]c2=O)cc1. The maximum atomic E-state index is 13.3. The number of nitrogens with one attached hydrogen (secondary N) is 1. The topological polar surface area (TPSA) is 89.1 Å². The van der Waals surface area contributed by atoms with Crippen LogP contribution in [-0.2, 0) is 4.74 Å². The van der Waals surface area contributed by atoms with Crippen LogP contribution in [0.5, 0.6) is 0 Å². The van der Waals surface area contributed by atoms with Crippen molar-refractivity contribution in [1.29, 1.82) is 0 Å². The van der Waals surface area contributed by atoms with Crippen molar-refractivity contribution in [3.05, 3.63) is 112 Å². The van der Waals surface area contributed by atoms with Crippen LogP contribution in [0.2, 0.25) is 0 Å². The summed E-state index contributed by atoms with van der Waals surface area (Å²) in [5.41, 5.74) is 2.36. The van der Waals surface area contributed by atoms with E-state index in [1.54, 1.807) is 72.8 Å². The molecule has 4 rings (SSSR count). The first-order valence-electron chi connectivity index (χ1n) is 9.56. The Balaban J connectivity index is 1.87. The number of nitrogens with zero attached hydrogens (tertiary/aromatic N) is 1. The van der Waals surface area contributed by atoms with E-state index in [-0.39, 0.29) is 17.1 Å². The lowest BCUT2D eigenvalue weighted by Gasteiger charge is -2.08. The predicted octanol–water partition coefficient (Wildman–Crippen LogP) is 4.13. The van der Waals surface area contributed by atoms with E-state index >= 15 is 0 Å². The number of esters is 1. The molecular weight excluding hydrogens is 392 g/mol. The van der Waals surface area contributed by atoms with Crippen molar-refractivity contribution < 1.29 is 14.3 Å². The first-order valence-corrected chi connectivity index (χ1v) is 9.56. The average Bonchev–Trinajstić information content (AvgIpc) is 2.82. The highest BCUT2D eigenvalue weighted by Crippen LogP contribution is 2.21. The van der Waals surface area contributed by atoms with Gasteiger partial charge in [0.25, 0.3) is 5.56 Å². The van der Waals surface area contributed by atoms with Gasteiger partial charge in [0.2, 0.25) is 0 Å². The molecule has 1 heterocycles. The Morgan fingerprint density at radius 3 is 2.26 bits per heavy atom. The van der Waals surface area contributed by atoms with Gasteiger partial charge in [-0.05, 0) is 35.9 Å². The summed E-state index contributed by atoms with van der Waals surface area (Å²) in [6.07, 6.45) is 1.60. The van der Waals surface area contributed by atoms with Gasteiger partial charge in [0.15, 0.2) is 5.78 Å². The van der Waals surface area contributed by atoms with Gasteiger partial charge >= 0.3 is 5.97 Å². The van der Waals surface area contributed by atoms with Gasteiger partial charge in [-0.1, -0.05) is 54.6 Å². The van der Waals surface area contributed by atoms with Crippen molar-refractivity contribution in [1.82, 2.24) is 9.97 Å². The number of rotatable bonds is 5. The number of benzene rings is 3. The van der Waals surface area contributed by atoms with Crippen LogP contribution < -0.4 is 5.56 Å². The van der Waals surface area contributed by atoms with Gasteiger partial charge in [-0.3, -0.25) is 9.59 Å². The molecule has 0 bridgehead atoms. The number of para-hydroxylation sites is 2. The van der Waals surface area contributed by atoms with Gasteiger partial charge in [-0.25, -0.2) is 9.78 Å². The minimum absolute atomic E-state index is 0.0320. The van der Waals surface area contributed by atoms with Gasteiger partial charge in [-0.2, -0.15) is 0 Å². The highest BCUT2D eigenvalue weighted by Gasteiger charge is 2.19. The number of methoxy groups -OCH3 is 1. The highest BCUT2D eigenvalue weighted by atomic mass is 16.5. The van der Waals surface area contributed by atoms with E-state index in [2.05, 4.69) is 9.97 Å². The summed E-state index contributed by atoms with van der Waals surface area (Å²) < 4.78 is 4.72. The van der Waals surface area contributed by atoms with Gasteiger partial charge in [0.05, 0.1) is 29.3 Å². The number of carbonyl (C=O) groups is 2. The number of allylic oxidation sites excluding steroid dienone is 1. The predicted molar refractivity (Wildman–Crippen MR) is 119 cm³/mol. The van der Waals surface area contributed by atoms with Crippen LogP contribution in [-0.4, -0.2) is 28.8 Å². The van der Waals surface area contributed by atoms with Crippen LogP contribution in [0.3, 0.4) is 0 Å². The second-order valence-electron chi connectivity index (χ2n) is 6.80. The number of aromatic nitrogens is 2. The molecule has 0 saturated heterocycles. The Bertz CT molecular complexity index is 1350. The first kappa shape index (κ1) is 20.0. The Kier molecular flexibility index (Phi) is 5.53. The van der Waals surface area contributed by atoms with E-state index in [0.29, 0.717) is 27.7 Å². The lowest BCUT2D eigenvalue weighted by molar-refractivity contribution is 0.0600. The Hall–Kier alpha value is -4.32. The van der Waals surface area contributed by atoms with Crippen molar-refractivity contribution in [2.24, 2.45) is 0 Å². The molecule has 0 fully saturated rings. The molecular formula is C25H18N2O4. The summed E-state index contributed by atoms with van der Waals surface area (Å²) in [6, 6.07) is 22.4. The Morgan fingerprint density at radius 2 is 1.55 bits per heavy atom. The van der Waals surface area contributed by atoms with Crippen molar-refractivity contribution in [2.75, 3.05) is 7.11 Å². The normalized spacial score (nSPS) is 11.3. The first-order chi connectivity index (χ1) is 15.1. The van der Waals surface area contributed by atoms with E-state index < -0.39 is 11.5 Å². The third kappa shape index (κ3) is 4.18. The average molecular weight is 410 g/mol. The number of ketones is 1. The number of ether oxygens (including phenoxy) is 1. The smallest absolute Gasteiger partial charge is 0.337 e. The zero-order valence-corrected chi connectivity index (χ0v) is 16.7.